The Balaban J connectivity index is 1.39. The monoisotopic (exact) mass is 384 g/mol. The van der Waals surface area contributed by atoms with Gasteiger partial charge in [0.2, 0.25) is 5.91 Å². The van der Waals surface area contributed by atoms with Crippen LogP contribution < -0.4 is 5.32 Å². The maximum atomic E-state index is 12.7. The van der Waals surface area contributed by atoms with Crippen molar-refractivity contribution >= 4 is 17.5 Å². The second-order valence-electron chi connectivity index (χ2n) is 7.36. The van der Waals surface area contributed by atoms with Gasteiger partial charge in [0.05, 0.1) is 0 Å². The van der Waals surface area contributed by atoms with Crippen molar-refractivity contribution in [3.05, 3.63) is 101 Å². The summed E-state index contributed by atoms with van der Waals surface area (Å²) in [5.41, 5.74) is 4.99. The van der Waals surface area contributed by atoms with E-state index in [9.17, 15) is 9.59 Å². The molecular formula is C25H24N2O2. The fourth-order valence-corrected chi connectivity index (χ4v) is 3.70. The number of carbonyl (C=O) groups excluding carboxylic acids is 2. The van der Waals surface area contributed by atoms with Crippen LogP contribution in [0.2, 0.25) is 0 Å². The highest BCUT2D eigenvalue weighted by molar-refractivity contribution is 5.94. The second kappa shape index (κ2) is 8.74. The van der Waals surface area contributed by atoms with Gasteiger partial charge in [-0.25, -0.2) is 0 Å². The molecule has 0 atom stereocenters. The summed E-state index contributed by atoms with van der Waals surface area (Å²) in [4.78, 5) is 27.0. The van der Waals surface area contributed by atoms with E-state index in [2.05, 4.69) is 11.4 Å². The van der Waals surface area contributed by atoms with Crippen LogP contribution in [-0.4, -0.2) is 23.3 Å². The summed E-state index contributed by atoms with van der Waals surface area (Å²) in [7, 11) is 0. The highest BCUT2D eigenvalue weighted by Gasteiger charge is 2.22. The molecule has 29 heavy (non-hydrogen) atoms. The van der Waals surface area contributed by atoms with Gasteiger partial charge in [0.15, 0.2) is 0 Å². The Hall–Kier alpha value is -3.40. The van der Waals surface area contributed by atoms with E-state index < -0.39 is 0 Å². The van der Waals surface area contributed by atoms with Gasteiger partial charge in [-0.15, -0.1) is 0 Å². The van der Waals surface area contributed by atoms with Crippen LogP contribution in [0, 0.1) is 0 Å². The molecule has 4 heteroatoms. The first-order chi connectivity index (χ1) is 14.2. The predicted octanol–water partition coefficient (Wildman–Crippen LogP) is 4.46. The van der Waals surface area contributed by atoms with E-state index in [1.165, 1.54) is 5.56 Å². The Labute approximate surface area is 171 Å². The third-order valence-corrected chi connectivity index (χ3v) is 5.29. The molecule has 2 amide bonds. The van der Waals surface area contributed by atoms with Crippen molar-refractivity contribution in [2.45, 2.75) is 25.8 Å². The standard InChI is InChI=1S/C25H24N2O2/c28-24(14-11-19-7-3-1-4-8-19)26-23-13-12-20-15-16-27(18-22(20)17-23)25(29)21-9-5-2-6-10-21/h1-10,12-13,17H,11,14-16,18H2,(H,26,28). The molecule has 3 aromatic carbocycles. The number of carbonyl (C=O) groups is 2. The van der Waals surface area contributed by atoms with Crippen molar-refractivity contribution in [3.8, 4) is 0 Å². The minimum Gasteiger partial charge on any atom is -0.334 e. The number of fused-ring (bicyclic) bond motifs is 1. The SMILES string of the molecule is O=C(CCc1ccccc1)Nc1ccc2c(c1)CN(C(=O)c1ccccc1)CC2. The Morgan fingerprint density at radius 3 is 2.34 bits per heavy atom. The lowest BCUT2D eigenvalue weighted by atomic mass is 9.98. The first-order valence-corrected chi connectivity index (χ1v) is 9.99. The van der Waals surface area contributed by atoms with E-state index in [-0.39, 0.29) is 11.8 Å². The zero-order chi connectivity index (χ0) is 20.1. The van der Waals surface area contributed by atoms with Crippen LogP contribution in [0.5, 0.6) is 0 Å². The highest BCUT2D eigenvalue weighted by Crippen LogP contribution is 2.24. The second-order valence-corrected chi connectivity index (χ2v) is 7.36. The number of aryl methyl sites for hydroxylation is 1. The molecule has 0 bridgehead atoms. The lowest BCUT2D eigenvalue weighted by molar-refractivity contribution is -0.116. The molecule has 1 N–H and O–H groups in total. The van der Waals surface area contributed by atoms with Gasteiger partial charge in [0.25, 0.3) is 5.91 Å². The summed E-state index contributed by atoms with van der Waals surface area (Å²) in [5, 5.41) is 3.00. The molecule has 146 valence electrons. The summed E-state index contributed by atoms with van der Waals surface area (Å²) >= 11 is 0. The van der Waals surface area contributed by atoms with Crippen LogP contribution in [0.1, 0.15) is 33.5 Å². The Kier molecular flexibility index (Phi) is 5.71. The molecule has 0 saturated carbocycles. The number of amides is 2. The van der Waals surface area contributed by atoms with Crippen molar-refractivity contribution in [1.29, 1.82) is 0 Å². The number of hydrogen-bond acceptors (Lipinski definition) is 2. The Morgan fingerprint density at radius 1 is 0.862 bits per heavy atom. The fraction of sp³-hybridized carbons (Fsp3) is 0.200. The molecule has 0 aliphatic carbocycles. The third kappa shape index (κ3) is 4.72. The molecule has 0 spiro atoms. The van der Waals surface area contributed by atoms with Gasteiger partial charge in [-0.1, -0.05) is 54.6 Å². The molecule has 0 unspecified atom stereocenters. The zero-order valence-electron chi connectivity index (χ0n) is 16.3. The van der Waals surface area contributed by atoms with E-state index in [0.29, 0.717) is 25.1 Å². The fourth-order valence-electron chi connectivity index (χ4n) is 3.70. The van der Waals surface area contributed by atoms with Crippen LogP contribution in [0.4, 0.5) is 5.69 Å². The smallest absolute Gasteiger partial charge is 0.254 e. The average molecular weight is 384 g/mol. The third-order valence-electron chi connectivity index (χ3n) is 5.29. The summed E-state index contributed by atoms with van der Waals surface area (Å²) in [6.07, 6.45) is 1.99. The van der Waals surface area contributed by atoms with Gasteiger partial charge >= 0.3 is 0 Å². The molecule has 4 rings (SSSR count). The van der Waals surface area contributed by atoms with Crippen LogP contribution >= 0.6 is 0 Å². The molecule has 0 saturated heterocycles. The molecule has 1 aliphatic heterocycles. The summed E-state index contributed by atoms with van der Waals surface area (Å²) in [6.45, 7) is 1.28. The molecule has 0 fully saturated rings. The van der Waals surface area contributed by atoms with Gasteiger partial charge in [-0.2, -0.15) is 0 Å². The lowest BCUT2D eigenvalue weighted by Crippen LogP contribution is -2.36. The maximum Gasteiger partial charge on any atom is 0.254 e. The summed E-state index contributed by atoms with van der Waals surface area (Å²) in [6, 6.07) is 25.4. The normalized spacial score (nSPS) is 12.9. The Bertz CT molecular complexity index is 1000. The van der Waals surface area contributed by atoms with Gasteiger partial charge in [0.1, 0.15) is 0 Å². The summed E-state index contributed by atoms with van der Waals surface area (Å²) in [5.74, 6) is 0.0513. The largest absolute Gasteiger partial charge is 0.334 e. The van der Waals surface area contributed by atoms with Crippen LogP contribution in [0.25, 0.3) is 0 Å². The average Bonchev–Trinajstić information content (AvgIpc) is 2.78. The summed E-state index contributed by atoms with van der Waals surface area (Å²) < 4.78 is 0. The number of benzene rings is 3. The topological polar surface area (TPSA) is 49.4 Å². The molecule has 4 nitrogen and oxygen atoms in total. The molecule has 1 aliphatic rings. The molecular weight excluding hydrogens is 360 g/mol. The van der Waals surface area contributed by atoms with Crippen LogP contribution in [0.3, 0.4) is 0 Å². The first kappa shape index (κ1) is 18.9. The van der Waals surface area contributed by atoms with Gasteiger partial charge in [-0.3, -0.25) is 9.59 Å². The quantitative estimate of drug-likeness (QED) is 0.706. The van der Waals surface area contributed by atoms with E-state index in [4.69, 9.17) is 0 Å². The number of nitrogens with zero attached hydrogens (tertiary/aromatic N) is 1. The molecule has 1 heterocycles. The number of anilines is 1. The highest BCUT2D eigenvalue weighted by atomic mass is 16.2. The van der Waals surface area contributed by atoms with E-state index in [1.54, 1.807) is 0 Å². The van der Waals surface area contributed by atoms with Gasteiger partial charge < -0.3 is 10.2 Å². The lowest BCUT2D eigenvalue weighted by Gasteiger charge is -2.29. The van der Waals surface area contributed by atoms with Gasteiger partial charge in [-0.05, 0) is 53.8 Å². The number of nitrogens with one attached hydrogen (secondary N) is 1. The van der Waals surface area contributed by atoms with E-state index in [1.807, 2.05) is 77.7 Å². The van der Waals surface area contributed by atoms with E-state index >= 15 is 0 Å². The molecule has 0 radical (unpaired) electrons. The first-order valence-electron chi connectivity index (χ1n) is 9.99. The van der Waals surface area contributed by atoms with Crippen molar-refractivity contribution in [3.63, 3.8) is 0 Å². The number of hydrogen-bond donors (Lipinski definition) is 1. The Morgan fingerprint density at radius 2 is 1.59 bits per heavy atom. The van der Waals surface area contributed by atoms with Gasteiger partial charge in [0, 0.05) is 30.8 Å². The maximum absolute atomic E-state index is 12.7. The molecule has 3 aromatic rings. The van der Waals surface area contributed by atoms with Crippen LogP contribution in [-0.2, 0) is 24.2 Å². The van der Waals surface area contributed by atoms with Crippen molar-refractivity contribution < 1.29 is 9.59 Å². The predicted molar refractivity (Wildman–Crippen MR) is 115 cm³/mol. The minimum absolute atomic E-state index is 0.00169. The number of rotatable bonds is 5. The zero-order valence-corrected chi connectivity index (χ0v) is 16.3. The van der Waals surface area contributed by atoms with Crippen molar-refractivity contribution in [1.82, 2.24) is 4.90 Å². The van der Waals surface area contributed by atoms with Crippen molar-refractivity contribution in [2.24, 2.45) is 0 Å². The van der Waals surface area contributed by atoms with Crippen molar-refractivity contribution in [2.75, 3.05) is 11.9 Å². The molecule has 0 aromatic heterocycles. The van der Waals surface area contributed by atoms with Crippen LogP contribution in [0.15, 0.2) is 78.9 Å². The van der Waals surface area contributed by atoms with E-state index in [0.717, 1.165) is 29.7 Å². The minimum atomic E-state index is 0.00169.